The predicted octanol–water partition coefficient (Wildman–Crippen LogP) is 3.98. The average Bonchev–Trinajstić information content (AvgIpc) is 3.22. The number of amidine groups is 2. The van der Waals surface area contributed by atoms with Crippen molar-refractivity contribution in [2.45, 2.75) is 13.8 Å². The van der Waals surface area contributed by atoms with Gasteiger partial charge in [0.2, 0.25) is 10.3 Å². The van der Waals surface area contributed by atoms with Gasteiger partial charge in [0.1, 0.15) is 11.7 Å². The number of nitrogens with one attached hydrogen (secondary N) is 1. The van der Waals surface area contributed by atoms with Crippen molar-refractivity contribution in [2.24, 2.45) is 9.98 Å². The highest BCUT2D eigenvalue weighted by molar-refractivity contribution is 7.15. The molecular weight excluding hydrogens is 326 g/mol. The number of fused-ring (bicyclic) bond motifs is 1. The maximum atomic E-state index is 4.63. The summed E-state index contributed by atoms with van der Waals surface area (Å²) in [6, 6.07) is 8.08. The van der Waals surface area contributed by atoms with Gasteiger partial charge in [0.05, 0.1) is 0 Å². The molecule has 1 aliphatic heterocycles. The second-order valence-corrected chi connectivity index (χ2v) is 7.52. The molecule has 0 fully saturated rings. The van der Waals surface area contributed by atoms with Gasteiger partial charge < -0.3 is 5.32 Å². The van der Waals surface area contributed by atoms with E-state index in [1.54, 1.807) is 22.7 Å². The minimum atomic E-state index is 0.742. The van der Waals surface area contributed by atoms with Crippen LogP contribution in [0.25, 0.3) is 0 Å². The molecule has 4 rings (SSSR count). The monoisotopic (exact) mass is 339 g/mol. The topological polar surface area (TPSA) is 62.5 Å². The Balaban J connectivity index is 1.77. The van der Waals surface area contributed by atoms with Crippen molar-refractivity contribution in [1.82, 2.24) is 15.3 Å². The molecule has 1 aromatic carbocycles. The molecule has 23 heavy (non-hydrogen) atoms. The first-order valence-corrected chi connectivity index (χ1v) is 8.71. The van der Waals surface area contributed by atoms with Crippen LogP contribution in [0.5, 0.6) is 0 Å². The number of rotatable bonds is 2. The van der Waals surface area contributed by atoms with Crippen molar-refractivity contribution in [1.29, 1.82) is 0 Å². The summed E-state index contributed by atoms with van der Waals surface area (Å²) in [6.07, 6.45) is 3.66. The lowest BCUT2D eigenvalue weighted by molar-refractivity contribution is 1.28. The second kappa shape index (κ2) is 5.68. The smallest absolute Gasteiger partial charge is 0.211 e. The Kier molecular flexibility index (Phi) is 3.51. The molecule has 1 N–H and O–H groups in total. The van der Waals surface area contributed by atoms with E-state index in [2.05, 4.69) is 25.3 Å². The fraction of sp³-hybridized carbons (Fsp3) is 0.125. The molecule has 0 saturated heterocycles. The maximum Gasteiger partial charge on any atom is 0.211 e. The SMILES string of the molecule is Cc1cnc(N=C2NC(=Nc3ncc(C)s3)c3ccccc32)s1. The first kappa shape index (κ1) is 14.2. The van der Waals surface area contributed by atoms with E-state index in [4.69, 9.17) is 0 Å². The first-order chi connectivity index (χ1) is 11.2. The maximum absolute atomic E-state index is 4.63. The minimum absolute atomic E-state index is 0.742. The molecule has 0 spiro atoms. The molecule has 0 amide bonds. The van der Waals surface area contributed by atoms with E-state index in [9.17, 15) is 0 Å². The molecule has 1 aliphatic rings. The average molecular weight is 339 g/mol. The van der Waals surface area contributed by atoms with Crippen LogP contribution in [-0.4, -0.2) is 21.6 Å². The summed E-state index contributed by atoms with van der Waals surface area (Å²) in [6.45, 7) is 4.05. The van der Waals surface area contributed by atoms with E-state index in [1.165, 1.54) is 0 Å². The van der Waals surface area contributed by atoms with E-state index in [-0.39, 0.29) is 0 Å². The van der Waals surface area contributed by atoms with E-state index >= 15 is 0 Å². The van der Waals surface area contributed by atoms with Gasteiger partial charge in [-0.3, -0.25) is 0 Å². The summed E-state index contributed by atoms with van der Waals surface area (Å²) >= 11 is 3.14. The molecule has 0 unspecified atom stereocenters. The zero-order chi connectivity index (χ0) is 15.8. The van der Waals surface area contributed by atoms with Gasteiger partial charge >= 0.3 is 0 Å². The first-order valence-electron chi connectivity index (χ1n) is 7.08. The van der Waals surface area contributed by atoms with Gasteiger partial charge in [-0.2, -0.15) is 0 Å². The predicted molar refractivity (Wildman–Crippen MR) is 95.7 cm³/mol. The molecule has 2 aromatic heterocycles. The minimum Gasteiger partial charge on any atom is -0.324 e. The summed E-state index contributed by atoms with van der Waals surface area (Å²) in [5, 5.41) is 4.79. The molecule has 0 radical (unpaired) electrons. The van der Waals surface area contributed by atoms with E-state index in [1.807, 2.05) is 50.5 Å². The Morgan fingerprint density at radius 2 is 1.30 bits per heavy atom. The number of hydrogen-bond acceptors (Lipinski definition) is 6. The molecule has 0 saturated carbocycles. The lowest BCUT2D eigenvalue weighted by Crippen LogP contribution is -2.22. The third kappa shape index (κ3) is 2.80. The molecule has 3 aromatic rings. The van der Waals surface area contributed by atoms with Crippen LogP contribution < -0.4 is 5.32 Å². The van der Waals surface area contributed by atoms with Gasteiger partial charge in [-0.25, -0.2) is 20.0 Å². The van der Waals surface area contributed by atoms with Gasteiger partial charge in [0.25, 0.3) is 0 Å². The number of aromatic nitrogens is 2. The molecule has 3 heterocycles. The largest absolute Gasteiger partial charge is 0.324 e. The lowest BCUT2D eigenvalue weighted by atomic mass is 10.1. The third-order valence-corrected chi connectivity index (χ3v) is 4.92. The number of thiazole rings is 2. The summed E-state index contributed by atoms with van der Waals surface area (Å²) < 4.78 is 0. The van der Waals surface area contributed by atoms with E-state index in [0.717, 1.165) is 42.8 Å². The zero-order valence-electron chi connectivity index (χ0n) is 12.6. The highest BCUT2D eigenvalue weighted by atomic mass is 32.1. The third-order valence-electron chi connectivity index (χ3n) is 3.31. The fourth-order valence-electron chi connectivity index (χ4n) is 2.30. The van der Waals surface area contributed by atoms with Crippen molar-refractivity contribution < 1.29 is 0 Å². The summed E-state index contributed by atoms with van der Waals surface area (Å²) in [7, 11) is 0. The zero-order valence-corrected chi connectivity index (χ0v) is 14.2. The van der Waals surface area contributed by atoms with Gasteiger partial charge in [-0.1, -0.05) is 24.3 Å². The van der Waals surface area contributed by atoms with Gasteiger partial charge in [0.15, 0.2) is 0 Å². The number of aryl methyl sites for hydroxylation is 2. The number of aliphatic imine (C=N–C) groups is 2. The van der Waals surface area contributed by atoms with Gasteiger partial charge in [0, 0.05) is 33.3 Å². The van der Waals surface area contributed by atoms with Crippen molar-refractivity contribution in [3.63, 3.8) is 0 Å². The van der Waals surface area contributed by atoms with Crippen LogP contribution in [0.15, 0.2) is 46.6 Å². The Bertz CT molecular complexity index is 860. The van der Waals surface area contributed by atoms with E-state index < -0.39 is 0 Å². The molecule has 5 nitrogen and oxygen atoms in total. The van der Waals surface area contributed by atoms with E-state index in [0.29, 0.717) is 0 Å². The van der Waals surface area contributed by atoms with Crippen LogP contribution in [0.1, 0.15) is 20.9 Å². The second-order valence-electron chi connectivity index (χ2n) is 5.10. The molecule has 0 atom stereocenters. The highest BCUT2D eigenvalue weighted by Gasteiger charge is 2.23. The van der Waals surface area contributed by atoms with Crippen molar-refractivity contribution in [3.05, 3.63) is 57.5 Å². The lowest BCUT2D eigenvalue weighted by Gasteiger charge is -1.97. The van der Waals surface area contributed by atoms with Crippen LogP contribution in [0.3, 0.4) is 0 Å². The quantitative estimate of drug-likeness (QED) is 0.768. The molecule has 0 aliphatic carbocycles. The Morgan fingerprint density at radius 3 is 1.70 bits per heavy atom. The molecule has 114 valence electrons. The number of hydrogen-bond donors (Lipinski definition) is 1. The van der Waals surface area contributed by atoms with Gasteiger partial charge in [-0.15, -0.1) is 22.7 Å². The fourth-order valence-corrected chi connectivity index (χ4v) is 3.57. The Hall–Kier alpha value is -2.38. The standard InChI is InChI=1S/C16H13N5S2/c1-9-7-17-15(22-9)20-13-11-5-3-4-6-12(11)14(19-13)21-16-18-8-10(2)23-16/h3-8H,1-2H3,(H,17,18,19,20,21). The summed E-state index contributed by atoms with van der Waals surface area (Å²) in [4.78, 5) is 20.2. The number of benzene rings is 1. The number of nitrogens with zero attached hydrogens (tertiary/aromatic N) is 4. The summed E-state index contributed by atoms with van der Waals surface area (Å²) in [5.41, 5.74) is 2.07. The van der Waals surface area contributed by atoms with Crippen LogP contribution in [0.4, 0.5) is 10.3 Å². The highest BCUT2D eigenvalue weighted by Crippen LogP contribution is 2.26. The Labute approximate surface area is 141 Å². The Morgan fingerprint density at radius 1 is 0.826 bits per heavy atom. The molecule has 0 bridgehead atoms. The van der Waals surface area contributed by atoms with Gasteiger partial charge in [-0.05, 0) is 13.8 Å². The molecular formula is C16H13N5S2. The van der Waals surface area contributed by atoms with Crippen LogP contribution in [0, 0.1) is 13.8 Å². The van der Waals surface area contributed by atoms with Crippen molar-refractivity contribution >= 4 is 44.6 Å². The molecule has 7 heteroatoms. The van der Waals surface area contributed by atoms with Crippen LogP contribution in [0.2, 0.25) is 0 Å². The van der Waals surface area contributed by atoms with Crippen LogP contribution in [-0.2, 0) is 0 Å². The normalized spacial score (nSPS) is 16.8. The van der Waals surface area contributed by atoms with Crippen LogP contribution >= 0.6 is 22.7 Å². The summed E-state index contributed by atoms with van der Waals surface area (Å²) in [5.74, 6) is 1.56. The van der Waals surface area contributed by atoms with Crippen molar-refractivity contribution in [2.75, 3.05) is 0 Å². The van der Waals surface area contributed by atoms with Crippen molar-refractivity contribution in [3.8, 4) is 0 Å².